The second-order valence-electron chi connectivity index (χ2n) is 8.31. The maximum Gasteiger partial charge on any atom is 0.243 e. The summed E-state index contributed by atoms with van der Waals surface area (Å²) < 4.78 is 5.77. The smallest absolute Gasteiger partial charge is 0.243 e. The summed E-state index contributed by atoms with van der Waals surface area (Å²) in [6, 6.07) is 10.9. The fourth-order valence-electron chi connectivity index (χ4n) is 4.41. The van der Waals surface area contributed by atoms with Crippen molar-refractivity contribution in [2.45, 2.75) is 57.7 Å². The van der Waals surface area contributed by atoms with E-state index in [0.717, 1.165) is 25.9 Å². The zero-order valence-electron chi connectivity index (χ0n) is 17.4. The van der Waals surface area contributed by atoms with Crippen molar-refractivity contribution in [2.24, 2.45) is 11.1 Å². The third kappa shape index (κ3) is 4.28. The van der Waals surface area contributed by atoms with Crippen molar-refractivity contribution >= 4 is 36.4 Å². The van der Waals surface area contributed by atoms with Gasteiger partial charge in [0, 0.05) is 50.3 Å². The Morgan fingerprint density at radius 1 is 1.21 bits per heavy atom. The first-order chi connectivity index (χ1) is 12.3. The number of ether oxygens (including phenoxy) is 1. The number of piperidine rings is 1. The molecule has 28 heavy (non-hydrogen) atoms. The van der Waals surface area contributed by atoms with Crippen molar-refractivity contribution in [2.75, 3.05) is 31.6 Å². The molecular weight excluding hydrogens is 397 g/mol. The van der Waals surface area contributed by atoms with Gasteiger partial charge in [-0.3, -0.25) is 4.79 Å². The van der Waals surface area contributed by atoms with Crippen molar-refractivity contribution in [1.82, 2.24) is 4.90 Å². The maximum atomic E-state index is 13.1. The van der Waals surface area contributed by atoms with E-state index in [0.29, 0.717) is 19.1 Å². The van der Waals surface area contributed by atoms with Gasteiger partial charge in [0.25, 0.3) is 0 Å². The van der Waals surface area contributed by atoms with Crippen LogP contribution in [0.15, 0.2) is 30.3 Å². The molecule has 1 saturated heterocycles. The molecule has 5 nitrogen and oxygen atoms in total. The number of nitrogens with zero attached hydrogens (tertiary/aromatic N) is 2. The van der Waals surface area contributed by atoms with Gasteiger partial charge < -0.3 is 20.3 Å². The van der Waals surface area contributed by atoms with Gasteiger partial charge in [-0.2, -0.15) is 0 Å². The molecule has 7 heteroatoms. The molecule has 3 rings (SSSR count). The highest BCUT2D eigenvalue weighted by Crippen LogP contribution is 2.50. The lowest BCUT2D eigenvalue weighted by Gasteiger charge is -2.59. The van der Waals surface area contributed by atoms with Gasteiger partial charge in [-0.15, -0.1) is 24.8 Å². The molecule has 1 aliphatic carbocycles. The van der Waals surface area contributed by atoms with Crippen molar-refractivity contribution in [1.29, 1.82) is 0 Å². The molecule has 1 aliphatic heterocycles. The first-order valence-corrected chi connectivity index (χ1v) is 9.79. The molecular formula is C21H35Cl2N3O2. The SMILES string of the molecule is CCOC1CC(N)(C(=O)N2CCC(N(C)c3ccccc3)CC2)C1(C)C.Cl.Cl. The van der Waals surface area contributed by atoms with Gasteiger partial charge in [0.05, 0.1) is 6.10 Å². The number of hydrogen-bond acceptors (Lipinski definition) is 4. The number of carbonyl (C=O) groups is 1. The largest absolute Gasteiger partial charge is 0.378 e. The number of carbonyl (C=O) groups excluding carboxylic acids is 1. The van der Waals surface area contributed by atoms with Gasteiger partial charge in [-0.05, 0) is 31.9 Å². The lowest BCUT2D eigenvalue weighted by Crippen LogP contribution is -2.76. The van der Waals surface area contributed by atoms with Gasteiger partial charge in [0.2, 0.25) is 5.91 Å². The number of hydrogen-bond donors (Lipinski definition) is 1. The van der Waals surface area contributed by atoms with Gasteiger partial charge >= 0.3 is 0 Å². The molecule has 2 N–H and O–H groups in total. The Morgan fingerprint density at radius 2 is 1.79 bits per heavy atom. The van der Waals surface area contributed by atoms with Crippen molar-refractivity contribution < 1.29 is 9.53 Å². The molecule has 1 aromatic rings. The van der Waals surface area contributed by atoms with Crippen LogP contribution in [0.4, 0.5) is 5.69 Å². The Balaban J connectivity index is 0.00000196. The third-order valence-electron chi connectivity index (χ3n) is 6.67. The monoisotopic (exact) mass is 431 g/mol. The lowest BCUT2D eigenvalue weighted by molar-refractivity contribution is -0.180. The normalized spacial score (nSPS) is 26.5. The number of likely N-dealkylation sites (tertiary alicyclic amines) is 1. The van der Waals surface area contributed by atoms with E-state index in [1.165, 1.54) is 5.69 Å². The topological polar surface area (TPSA) is 58.8 Å². The number of para-hydroxylation sites is 1. The number of amides is 1. The zero-order valence-corrected chi connectivity index (χ0v) is 19.0. The highest BCUT2D eigenvalue weighted by Gasteiger charge is 2.63. The van der Waals surface area contributed by atoms with Crippen LogP contribution in [-0.2, 0) is 9.53 Å². The van der Waals surface area contributed by atoms with E-state index < -0.39 is 5.54 Å². The molecule has 160 valence electrons. The molecule has 2 unspecified atom stereocenters. The quantitative estimate of drug-likeness (QED) is 0.774. The highest BCUT2D eigenvalue weighted by molar-refractivity contribution is 5.89. The van der Waals surface area contributed by atoms with E-state index in [4.69, 9.17) is 10.5 Å². The van der Waals surface area contributed by atoms with E-state index in [-0.39, 0.29) is 42.2 Å². The van der Waals surface area contributed by atoms with Crippen LogP contribution in [0.5, 0.6) is 0 Å². The minimum absolute atomic E-state index is 0. The van der Waals surface area contributed by atoms with E-state index in [1.807, 2.05) is 17.9 Å². The molecule has 2 fully saturated rings. The summed E-state index contributed by atoms with van der Waals surface area (Å²) in [5, 5.41) is 0. The molecule has 1 saturated carbocycles. The second kappa shape index (κ2) is 9.66. The third-order valence-corrected chi connectivity index (χ3v) is 6.67. The Kier molecular flexibility index (Phi) is 8.63. The average molecular weight is 432 g/mol. The molecule has 0 aromatic heterocycles. The van der Waals surface area contributed by atoms with Crippen molar-refractivity contribution in [3.63, 3.8) is 0 Å². The number of benzene rings is 1. The van der Waals surface area contributed by atoms with Crippen LogP contribution >= 0.6 is 24.8 Å². The second-order valence-corrected chi connectivity index (χ2v) is 8.31. The molecule has 0 bridgehead atoms. The Morgan fingerprint density at radius 3 is 2.29 bits per heavy atom. The molecule has 0 spiro atoms. The molecule has 1 aromatic carbocycles. The fraction of sp³-hybridized carbons (Fsp3) is 0.667. The number of nitrogens with two attached hydrogens (primary N) is 1. The first kappa shape index (κ1) is 25.0. The van der Waals surface area contributed by atoms with Crippen molar-refractivity contribution in [3.8, 4) is 0 Å². The summed E-state index contributed by atoms with van der Waals surface area (Å²) in [5.41, 5.74) is 6.69. The van der Waals surface area contributed by atoms with Crippen LogP contribution in [0.2, 0.25) is 0 Å². The summed E-state index contributed by atoms with van der Waals surface area (Å²) in [6.07, 6.45) is 2.64. The van der Waals surface area contributed by atoms with Gasteiger partial charge in [0.15, 0.2) is 0 Å². The van der Waals surface area contributed by atoms with Crippen LogP contribution < -0.4 is 10.6 Å². The van der Waals surface area contributed by atoms with E-state index in [9.17, 15) is 4.79 Å². The summed E-state index contributed by atoms with van der Waals surface area (Å²) in [6.45, 7) is 8.32. The first-order valence-electron chi connectivity index (χ1n) is 9.79. The molecule has 1 heterocycles. The zero-order chi connectivity index (χ0) is 18.9. The molecule has 0 radical (unpaired) electrons. The Labute approximate surface area is 181 Å². The predicted molar refractivity (Wildman–Crippen MR) is 120 cm³/mol. The summed E-state index contributed by atoms with van der Waals surface area (Å²) in [5.74, 6) is 0.0965. The van der Waals surface area contributed by atoms with Crippen LogP contribution in [0, 0.1) is 5.41 Å². The van der Waals surface area contributed by atoms with E-state index in [1.54, 1.807) is 0 Å². The van der Waals surface area contributed by atoms with Crippen LogP contribution in [-0.4, -0.2) is 55.2 Å². The van der Waals surface area contributed by atoms with Crippen LogP contribution in [0.3, 0.4) is 0 Å². The maximum absolute atomic E-state index is 13.1. The fourth-order valence-corrected chi connectivity index (χ4v) is 4.41. The molecule has 2 aliphatic rings. The van der Waals surface area contributed by atoms with E-state index in [2.05, 4.69) is 50.1 Å². The minimum Gasteiger partial charge on any atom is -0.378 e. The summed E-state index contributed by atoms with van der Waals surface area (Å²) in [7, 11) is 2.14. The number of halogens is 2. The highest BCUT2D eigenvalue weighted by atomic mass is 35.5. The summed E-state index contributed by atoms with van der Waals surface area (Å²) in [4.78, 5) is 17.4. The molecule has 2 atom stereocenters. The Hall–Kier alpha value is -1.01. The standard InChI is InChI=1S/C21H33N3O2.2ClH/c1-5-26-18-15-21(22,20(18,2)3)19(25)24-13-11-17(12-14-24)23(4)16-9-7-6-8-10-16;;/h6-10,17-18H,5,11-15,22H2,1-4H3;2*1H. The van der Waals surface area contributed by atoms with Crippen LogP contribution in [0.25, 0.3) is 0 Å². The van der Waals surface area contributed by atoms with Crippen molar-refractivity contribution in [3.05, 3.63) is 30.3 Å². The minimum atomic E-state index is -0.801. The number of rotatable bonds is 5. The summed E-state index contributed by atoms with van der Waals surface area (Å²) >= 11 is 0. The van der Waals surface area contributed by atoms with Gasteiger partial charge in [-0.1, -0.05) is 32.0 Å². The lowest BCUT2D eigenvalue weighted by atomic mass is 9.54. The van der Waals surface area contributed by atoms with E-state index >= 15 is 0 Å². The van der Waals surface area contributed by atoms with Gasteiger partial charge in [-0.25, -0.2) is 0 Å². The van der Waals surface area contributed by atoms with Gasteiger partial charge in [0.1, 0.15) is 5.54 Å². The molecule has 1 amide bonds. The number of anilines is 1. The Bertz CT molecular complexity index is 636. The average Bonchev–Trinajstić information content (AvgIpc) is 2.67. The predicted octanol–water partition coefficient (Wildman–Crippen LogP) is 3.49. The van der Waals surface area contributed by atoms with Crippen LogP contribution in [0.1, 0.15) is 40.0 Å².